The van der Waals surface area contributed by atoms with Gasteiger partial charge in [-0.3, -0.25) is 9.69 Å². The lowest BCUT2D eigenvalue weighted by atomic mass is 9.80. The van der Waals surface area contributed by atoms with E-state index in [0.29, 0.717) is 6.54 Å². The quantitative estimate of drug-likeness (QED) is 0.835. The van der Waals surface area contributed by atoms with Gasteiger partial charge in [0.2, 0.25) is 5.91 Å². The summed E-state index contributed by atoms with van der Waals surface area (Å²) in [5.74, 6) is -0.0563. The Balaban J connectivity index is 1.67. The van der Waals surface area contributed by atoms with Gasteiger partial charge < -0.3 is 10.1 Å². The molecule has 2 fully saturated rings. The van der Waals surface area contributed by atoms with Gasteiger partial charge in [-0.1, -0.05) is 30.3 Å². The molecule has 2 aliphatic rings. The fourth-order valence-electron chi connectivity index (χ4n) is 3.14. The highest BCUT2D eigenvalue weighted by atomic mass is 16.6. The first-order valence-electron chi connectivity index (χ1n) is 6.94. The average molecular weight is 274 g/mol. The van der Waals surface area contributed by atoms with Crippen molar-refractivity contribution in [1.29, 1.82) is 0 Å². The molecule has 2 unspecified atom stereocenters. The molecule has 106 valence electrons. The molecule has 2 saturated heterocycles. The zero-order chi connectivity index (χ0) is 14.2. The van der Waals surface area contributed by atoms with E-state index in [1.807, 2.05) is 37.3 Å². The Morgan fingerprint density at radius 3 is 2.85 bits per heavy atom. The van der Waals surface area contributed by atoms with Crippen molar-refractivity contribution >= 4 is 12.0 Å². The second kappa shape index (κ2) is 4.81. The number of carbonyl (C=O) groups is 2. The summed E-state index contributed by atoms with van der Waals surface area (Å²) in [6.45, 7) is 2.76. The SMILES string of the molecule is CC1NC(=O)C12CCCN2C(=O)OCc1ccccc1. The van der Waals surface area contributed by atoms with E-state index in [1.54, 1.807) is 4.90 Å². The summed E-state index contributed by atoms with van der Waals surface area (Å²) in [5, 5.41) is 2.81. The minimum Gasteiger partial charge on any atom is -0.445 e. The number of likely N-dealkylation sites (tertiary alicyclic amines) is 1. The third-order valence-electron chi connectivity index (χ3n) is 4.30. The number of hydrogen-bond donors (Lipinski definition) is 1. The number of rotatable bonds is 2. The number of β-lactam (4-membered cyclic amide) rings is 1. The van der Waals surface area contributed by atoms with Crippen molar-refractivity contribution in [3.8, 4) is 0 Å². The molecule has 5 nitrogen and oxygen atoms in total. The van der Waals surface area contributed by atoms with Gasteiger partial charge in [0.05, 0.1) is 6.04 Å². The van der Waals surface area contributed by atoms with Gasteiger partial charge in [0, 0.05) is 6.54 Å². The first-order valence-corrected chi connectivity index (χ1v) is 6.94. The van der Waals surface area contributed by atoms with Crippen LogP contribution >= 0.6 is 0 Å². The lowest BCUT2D eigenvalue weighted by Crippen LogP contribution is -2.76. The van der Waals surface area contributed by atoms with Crippen LogP contribution in [-0.2, 0) is 16.1 Å². The molecule has 5 heteroatoms. The van der Waals surface area contributed by atoms with Gasteiger partial charge in [0.15, 0.2) is 0 Å². The summed E-state index contributed by atoms with van der Waals surface area (Å²) < 4.78 is 5.35. The van der Waals surface area contributed by atoms with Gasteiger partial charge >= 0.3 is 6.09 Å². The molecule has 0 aromatic heterocycles. The van der Waals surface area contributed by atoms with Crippen molar-refractivity contribution in [2.24, 2.45) is 0 Å². The zero-order valence-electron chi connectivity index (χ0n) is 11.5. The molecule has 1 N–H and O–H groups in total. The summed E-state index contributed by atoms with van der Waals surface area (Å²) in [7, 11) is 0. The highest BCUT2D eigenvalue weighted by molar-refractivity contribution is 5.97. The first-order chi connectivity index (χ1) is 9.64. The van der Waals surface area contributed by atoms with Crippen molar-refractivity contribution in [3.63, 3.8) is 0 Å². The van der Waals surface area contributed by atoms with Crippen LogP contribution < -0.4 is 5.32 Å². The van der Waals surface area contributed by atoms with E-state index in [0.717, 1.165) is 18.4 Å². The van der Waals surface area contributed by atoms with E-state index in [2.05, 4.69) is 5.32 Å². The third kappa shape index (κ3) is 1.85. The van der Waals surface area contributed by atoms with Crippen LogP contribution in [-0.4, -0.2) is 35.0 Å². The van der Waals surface area contributed by atoms with Crippen molar-refractivity contribution in [2.45, 2.75) is 38.0 Å². The Bertz CT molecular complexity index is 531. The Kier molecular flexibility index (Phi) is 3.12. The lowest BCUT2D eigenvalue weighted by Gasteiger charge is -2.49. The van der Waals surface area contributed by atoms with Crippen LogP contribution in [0.25, 0.3) is 0 Å². The Labute approximate surface area is 117 Å². The molecule has 0 aliphatic carbocycles. The summed E-state index contributed by atoms with van der Waals surface area (Å²) in [6, 6.07) is 9.55. The van der Waals surface area contributed by atoms with Crippen molar-refractivity contribution in [1.82, 2.24) is 10.2 Å². The van der Waals surface area contributed by atoms with Crippen molar-refractivity contribution < 1.29 is 14.3 Å². The monoisotopic (exact) mass is 274 g/mol. The highest BCUT2D eigenvalue weighted by Gasteiger charge is 2.60. The maximum absolute atomic E-state index is 12.2. The van der Waals surface area contributed by atoms with Crippen LogP contribution in [0, 0.1) is 0 Å². The van der Waals surface area contributed by atoms with Crippen molar-refractivity contribution in [3.05, 3.63) is 35.9 Å². The molecule has 2 atom stereocenters. The lowest BCUT2D eigenvalue weighted by molar-refractivity contribution is -0.145. The van der Waals surface area contributed by atoms with E-state index in [1.165, 1.54) is 0 Å². The van der Waals surface area contributed by atoms with E-state index >= 15 is 0 Å². The van der Waals surface area contributed by atoms with E-state index in [4.69, 9.17) is 4.74 Å². The first kappa shape index (κ1) is 13.0. The van der Waals surface area contributed by atoms with Gasteiger partial charge in [-0.2, -0.15) is 0 Å². The molecule has 1 aromatic rings. The van der Waals surface area contributed by atoms with Gasteiger partial charge in [-0.05, 0) is 25.3 Å². The van der Waals surface area contributed by atoms with Crippen LogP contribution in [0.2, 0.25) is 0 Å². The minimum absolute atomic E-state index is 0.00164. The van der Waals surface area contributed by atoms with E-state index in [-0.39, 0.29) is 18.6 Å². The largest absolute Gasteiger partial charge is 0.445 e. The Morgan fingerprint density at radius 1 is 1.45 bits per heavy atom. The fourth-order valence-corrected chi connectivity index (χ4v) is 3.14. The third-order valence-corrected chi connectivity index (χ3v) is 4.30. The van der Waals surface area contributed by atoms with Gasteiger partial charge in [-0.25, -0.2) is 4.79 Å². The Hall–Kier alpha value is -2.04. The number of amides is 2. The molecule has 2 heterocycles. The molecule has 0 radical (unpaired) electrons. The standard InChI is InChI=1S/C15H18N2O3/c1-11-15(13(18)16-11)8-5-9-17(15)14(19)20-10-12-6-3-2-4-7-12/h2-4,6-7,11H,5,8-10H2,1H3,(H,16,18). The predicted molar refractivity (Wildman–Crippen MR) is 72.9 cm³/mol. The summed E-state index contributed by atoms with van der Waals surface area (Å²) in [5.41, 5.74) is 0.272. The maximum Gasteiger partial charge on any atom is 0.411 e. The number of benzene rings is 1. The molecular weight excluding hydrogens is 256 g/mol. The molecule has 2 amide bonds. The molecule has 0 bridgehead atoms. The van der Waals surface area contributed by atoms with Crippen molar-refractivity contribution in [2.75, 3.05) is 6.54 Å². The summed E-state index contributed by atoms with van der Waals surface area (Å²) in [4.78, 5) is 25.7. The van der Waals surface area contributed by atoms with Gasteiger partial charge in [0.25, 0.3) is 0 Å². The summed E-state index contributed by atoms with van der Waals surface area (Å²) in [6.07, 6.45) is 1.17. The minimum atomic E-state index is -0.673. The molecule has 0 saturated carbocycles. The number of nitrogens with zero attached hydrogens (tertiary/aromatic N) is 1. The number of nitrogens with one attached hydrogen (secondary N) is 1. The molecular formula is C15H18N2O3. The van der Waals surface area contributed by atoms with Crippen LogP contribution in [0.5, 0.6) is 0 Å². The molecule has 1 aromatic carbocycles. The molecule has 20 heavy (non-hydrogen) atoms. The topological polar surface area (TPSA) is 58.6 Å². The number of ether oxygens (including phenoxy) is 1. The van der Waals surface area contributed by atoms with Gasteiger partial charge in [0.1, 0.15) is 12.1 Å². The predicted octanol–water partition coefficient (Wildman–Crippen LogP) is 1.68. The Morgan fingerprint density at radius 2 is 2.20 bits per heavy atom. The molecule has 1 spiro atoms. The van der Waals surface area contributed by atoms with Crippen LogP contribution in [0.3, 0.4) is 0 Å². The zero-order valence-corrected chi connectivity index (χ0v) is 11.5. The average Bonchev–Trinajstić information content (AvgIpc) is 2.94. The number of hydrogen-bond acceptors (Lipinski definition) is 3. The van der Waals surface area contributed by atoms with Crippen LogP contribution in [0.15, 0.2) is 30.3 Å². The number of carbonyl (C=O) groups excluding carboxylic acids is 2. The maximum atomic E-state index is 12.2. The summed E-state index contributed by atoms with van der Waals surface area (Å²) >= 11 is 0. The normalized spacial score (nSPS) is 28.1. The van der Waals surface area contributed by atoms with Crippen LogP contribution in [0.4, 0.5) is 4.79 Å². The highest BCUT2D eigenvalue weighted by Crippen LogP contribution is 2.38. The van der Waals surface area contributed by atoms with E-state index in [9.17, 15) is 9.59 Å². The van der Waals surface area contributed by atoms with Gasteiger partial charge in [-0.15, -0.1) is 0 Å². The molecule has 2 aliphatic heterocycles. The van der Waals surface area contributed by atoms with Crippen LogP contribution in [0.1, 0.15) is 25.3 Å². The smallest absolute Gasteiger partial charge is 0.411 e. The molecule has 3 rings (SSSR count). The second-order valence-electron chi connectivity index (χ2n) is 5.41. The fraction of sp³-hybridized carbons (Fsp3) is 0.467. The second-order valence-corrected chi connectivity index (χ2v) is 5.41. The van der Waals surface area contributed by atoms with E-state index < -0.39 is 11.6 Å².